The highest BCUT2D eigenvalue weighted by molar-refractivity contribution is 5.31. The molecule has 0 radical (unpaired) electrons. The maximum atomic E-state index is 11.7. The minimum Gasteiger partial charge on any atom is -0.539 e. The Kier molecular flexibility index (Phi) is 5.13. The molecular weight excluding hydrogens is 272 g/mol. The first-order valence-electron chi connectivity index (χ1n) is 6.69. The average Bonchev–Trinajstić information content (AvgIpc) is 2.85. The predicted octanol–water partition coefficient (Wildman–Crippen LogP) is -0.315. The van der Waals surface area contributed by atoms with Gasteiger partial charge in [0.1, 0.15) is 5.75 Å². The second kappa shape index (κ2) is 7.05. The maximum Gasteiger partial charge on any atom is 0.253 e. The third-order valence-electron chi connectivity index (χ3n) is 3.04. The summed E-state index contributed by atoms with van der Waals surface area (Å²) < 4.78 is 11.4. The van der Waals surface area contributed by atoms with Gasteiger partial charge in [-0.05, 0) is 30.9 Å². The van der Waals surface area contributed by atoms with Crippen molar-refractivity contribution in [1.82, 2.24) is 15.5 Å². The van der Waals surface area contributed by atoms with E-state index in [-0.39, 0.29) is 0 Å². The average molecular weight is 292 g/mol. The van der Waals surface area contributed by atoms with Crippen LogP contribution in [-0.4, -0.2) is 44.5 Å². The highest BCUT2D eigenvalue weighted by Gasteiger charge is 2.19. The lowest BCUT2D eigenvalue weighted by Crippen LogP contribution is -2.39. The number of likely N-dealkylation sites (N-methyl/N-ethyl adjacent to an activating group) is 1. The first-order valence-corrected chi connectivity index (χ1v) is 6.69. The third kappa shape index (κ3) is 3.93. The quantitative estimate of drug-likeness (QED) is 0.557. The number of rotatable bonds is 7. The van der Waals surface area contributed by atoms with Gasteiger partial charge in [0.25, 0.3) is 5.69 Å². The smallest absolute Gasteiger partial charge is 0.253 e. The van der Waals surface area contributed by atoms with Crippen LogP contribution in [0.3, 0.4) is 0 Å². The third-order valence-corrected chi connectivity index (χ3v) is 3.04. The summed E-state index contributed by atoms with van der Waals surface area (Å²) in [5.41, 5.74) is 1.23. The van der Waals surface area contributed by atoms with E-state index >= 15 is 0 Å². The van der Waals surface area contributed by atoms with Crippen LogP contribution in [0.5, 0.6) is 11.7 Å². The summed E-state index contributed by atoms with van der Waals surface area (Å²) in [6.45, 7) is 2.07. The Labute approximate surface area is 123 Å². The number of methoxy groups -OCH3 is 1. The first-order chi connectivity index (χ1) is 10.1. The van der Waals surface area contributed by atoms with Crippen molar-refractivity contribution in [2.24, 2.45) is 0 Å². The maximum absolute atomic E-state index is 11.7. The Morgan fingerprint density at radius 3 is 2.67 bits per heavy atom. The second-order valence-electron chi connectivity index (χ2n) is 4.90. The van der Waals surface area contributed by atoms with Crippen molar-refractivity contribution in [3.05, 3.63) is 30.0 Å². The van der Waals surface area contributed by atoms with Gasteiger partial charge in [-0.2, -0.15) is 0 Å². The van der Waals surface area contributed by atoms with Gasteiger partial charge in [-0.3, -0.25) is 0 Å². The van der Waals surface area contributed by atoms with Crippen molar-refractivity contribution < 1.29 is 19.0 Å². The van der Waals surface area contributed by atoms with Gasteiger partial charge < -0.3 is 24.6 Å². The van der Waals surface area contributed by atoms with E-state index in [1.54, 1.807) is 7.11 Å². The van der Waals surface area contributed by atoms with Crippen molar-refractivity contribution >= 4 is 0 Å². The van der Waals surface area contributed by atoms with Gasteiger partial charge in [-0.15, -0.1) is 0 Å². The summed E-state index contributed by atoms with van der Waals surface area (Å²) in [5, 5.41) is 18.7. The molecule has 114 valence electrons. The highest BCUT2D eigenvalue weighted by atomic mass is 16.6. The van der Waals surface area contributed by atoms with E-state index < -0.39 is 5.95 Å². The van der Waals surface area contributed by atoms with Crippen LogP contribution < -0.4 is 19.8 Å². The molecular formula is C14H20N4O3. The van der Waals surface area contributed by atoms with Crippen molar-refractivity contribution in [3.63, 3.8) is 0 Å². The molecule has 0 atom stereocenters. The molecule has 1 N–H and O–H groups in total. The molecule has 0 aliphatic rings. The monoisotopic (exact) mass is 292 g/mol. The fourth-order valence-electron chi connectivity index (χ4n) is 1.85. The van der Waals surface area contributed by atoms with Gasteiger partial charge in [-0.1, -0.05) is 0 Å². The lowest BCUT2D eigenvalue weighted by Gasteiger charge is -2.09. The SMILES string of the molecule is COc1ccc(-[n+]2noc([O-])c2CNCCN(C)C)cc1. The Balaban J connectivity index is 2.09. The summed E-state index contributed by atoms with van der Waals surface area (Å²) in [5.74, 6) is 0.319. The van der Waals surface area contributed by atoms with Crippen LogP contribution in [-0.2, 0) is 6.54 Å². The predicted molar refractivity (Wildman–Crippen MR) is 74.3 cm³/mol. The molecule has 0 amide bonds. The molecule has 2 aromatic rings. The fourth-order valence-corrected chi connectivity index (χ4v) is 1.85. The largest absolute Gasteiger partial charge is 0.539 e. The summed E-state index contributed by atoms with van der Waals surface area (Å²) >= 11 is 0. The first kappa shape index (κ1) is 15.3. The number of nitrogens with one attached hydrogen (secondary N) is 1. The molecule has 1 aromatic heterocycles. The number of benzene rings is 1. The summed E-state index contributed by atoms with van der Waals surface area (Å²) in [6, 6.07) is 7.27. The van der Waals surface area contributed by atoms with E-state index in [1.807, 2.05) is 38.4 Å². The number of aromatic nitrogens is 2. The fraction of sp³-hybridized carbons (Fsp3) is 0.429. The van der Waals surface area contributed by atoms with Gasteiger partial charge in [0, 0.05) is 25.2 Å². The number of nitrogens with zero attached hydrogens (tertiary/aromatic N) is 3. The molecule has 0 saturated carbocycles. The molecule has 0 unspecified atom stereocenters. The molecule has 0 fully saturated rings. The zero-order valence-electron chi connectivity index (χ0n) is 12.5. The second-order valence-corrected chi connectivity index (χ2v) is 4.90. The van der Waals surface area contributed by atoms with Gasteiger partial charge in [0.05, 0.1) is 18.9 Å². The van der Waals surface area contributed by atoms with Crippen LogP contribution in [0, 0.1) is 0 Å². The van der Waals surface area contributed by atoms with Crippen molar-refractivity contribution in [1.29, 1.82) is 0 Å². The van der Waals surface area contributed by atoms with Crippen molar-refractivity contribution in [2.45, 2.75) is 6.54 Å². The van der Waals surface area contributed by atoms with E-state index in [0.717, 1.165) is 24.5 Å². The Morgan fingerprint density at radius 2 is 2.05 bits per heavy atom. The van der Waals surface area contributed by atoms with E-state index in [4.69, 9.17) is 9.26 Å². The van der Waals surface area contributed by atoms with Gasteiger partial charge in [0.15, 0.2) is 5.95 Å². The van der Waals surface area contributed by atoms with Crippen LogP contribution in [0.4, 0.5) is 0 Å². The number of hydrogen-bond donors (Lipinski definition) is 1. The zero-order valence-corrected chi connectivity index (χ0v) is 12.5. The topological polar surface area (TPSA) is 77.5 Å². The lowest BCUT2D eigenvalue weighted by atomic mass is 10.3. The molecule has 0 saturated heterocycles. The molecule has 0 aliphatic heterocycles. The van der Waals surface area contributed by atoms with Gasteiger partial charge >= 0.3 is 0 Å². The van der Waals surface area contributed by atoms with Crippen LogP contribution in [0.1, 0.15) is 5.69 Å². The van der Waals surface area contributed by atoms with Crippen LogP contribution in [0.25, 0.3) is 5.69 Å². The molecule has 0 aliphatic carbocycles. The summed E-state index contributed by atoms with van der Waals surface area (Å²) in [6.07, 6.45) is 0. The molecule has 7 nitrogen and oxygen atoms in total. The van der Waals surface area contributed by atoms with E-state index in [2.05, 4.69) is 15.5 Å². The van der Waals surface area contributed by atoms with Crippen molar-refractivity contribution in [2.75, 3.05) is 34.3 Å². The number of hydrogen-bond acceptors (Lipinski definition) is 6. The summed E-state index contributed by atoms with van der Waals surface area (Å²) in [7, 11) is 5.60. The zero-order chi connectivity index (χ0) is 15.2. The van der Waals surface area contributed by atoms with E-state index in [0.29, 0.717) is 12.2 Å². The van der Waals surface area contributed by atoms with Crippen LogP contribution >= 0.6 is 0 Å². The van der Waals surface area contributed by atoms with Crippen LogP contribution in [0.2, 0.25) is 0 Å². The van der Waals surface area contributed by atoms with Crippen molar-refractivity contribution in [3.8, 4) is 17.4 Å². The standard InChI is InChI=1S/C14H20N4O3/c1-17(2)9-8-15-10-13-14(19)21-16-18(13)11-4-6-12(20-3)7-5-11/h4-7,15H,8-10H2,1-3H3. The molecule has 0 spiro atoms. The van der Waals surface area contributed by atoms with Crippen LogP contribution in [0.15, 0.2) is 28.8 Å². The Morgan fingerprint density at radius 1 is 1.33 bits per heavy atom. The highest BCUT2D eigenvalue weighted by Crippen LogP contribution is 2.14. The lowest BCUT2D eigenvalue weighted by molar-refractivity contribution is -0.677. The minimum absolute atomic E-state index is 0.405. The normalized spacial score (nSPS) is 11.0. The Bertz CT molecular complexity index is 566. The van der Waals surface area contributed by atoms with Gasteiger partial charge in [0.2, 0.25) is 5.69 Å². The molecule has 2 rings (SSSR count). The molecule has 1 aromatic carbocycles. The molecule has 21 heavy (non-hydrogen) atoms. The van der Waals surface area contributed by atoms with E-state index in [1.165, 1.54) is 4.68 Å². The summed E-state index contributed by atoms with van der Waals surface area (Å²) in [4.78, 5) is 2.07. The number of ether oxygens (including phenoxy) is 1. The Hall–Kier alpha value is -2.12. The van der Waals surface area contributed by atoms with E-state index in [9.17, 15) is 5.11 Å². The molecule has 1 heterocycles. The van der Waals surface area contributed by atoms with Gasteiger partial charge in [-0.25, -0.2) is 0 Å². The molecule has 0 bridgehead atoms. The minimum atomic E-state index is -0.428. The molecule has 7 heteroatoms.